The van der Waals surface area contributed by atoms with E-state index in [1.165, 1.54) is 25.3 Å². The Balaban J connectivity index is 1.61. The number of aryl methyl sites for hydroxylation is 2. The molecule has 1 aliphatic rings. The number of rotatable bonds is 8. The van der Waals surface area contributed by atoms with E-state index in [1.807, 2.05) is 0 Å². The Labute approximate surface area is 188 Å². The van der Waals surface area contributed by atoms with Crippen LogP contribution in [-0.4, -0.2) is 39.1 Å². The maximum Gasteiger partial charge on any atom is 0.343 e. The van der Waals surface area contributed by atoms with Crippen molar-refractivity contribution in [2.75, 3.05) is 27.1 Å². The van der Waals surface area contributed by atoms with Gasteiger partial charge in [0.05, 0.1) is 12.2 Å². The molecule has 0 spiro atoms. The Bertz CT molecular complexity index is 1260. The molecule has 3 aromatic rings. The van der Waals surface area contributed by atoms with Crippen LogP contribution in [0.25, 0.3) is 11.0 Å². The van der Waals surface area contributed by atoms with E-state index in [-0.39, 0.29) is 43.1 Å². The van der Waals surface area contributed by atoms with Crippen LogP contribution in [0.4, 0.5) is 0 Å². The van der Waals surface area contributed by atoms with Gasteiger partial charge in [-0.15, -0.1) is 0 Å². The summed E-state index contributed by atoms with van der Waals surface area (Å²) < 4.78 is 31.5. The molecular formula is C24H22O9. The number of ether oxygens (including phenoxy) is 5. The first-order valence-corrected chi connectivity index (χ1v) is 10.3. The highest BCUT2D eigenvalue weighted by atomic mass is 16.7. The molecule has 0 atom stereocenters. The van der Waals surface area contributed by atoms with Crippen LogP contribution in [0.5, 0.6) is 17.2 Å². The number of fused-ring (bicyclic) bond motifs is 2. The maximum absolute atomic E-state index is 12.8. The molecule has 0 saturated heterocycles. The number of benzene rings is 2. The number of carbonyl (C=O) groups is 2. The molecule has 0 bridgehead atoms. The fraction of sp³-hybridized carbons (Fsp3) is 0.292. The van der Waals surface area contributed by atoms with E-state index in [2.05, 4.69) is 0 Å². The highest BCUT2D eigenvalue weighted by Crippen LogP contribution is 2.34. The van der Waals surface area contributed by atoms with Gasteiger partial charge in [0.15, 0.2) is 11.5 Å². The zero-order valence-corrected chi connectivity index (χ0v) is 18.2. The molecule has 0 unspecified atom stereocenters. The first-order chi connectivity index (χ1) is 15.9. The summed E-state index contributed by atoms with van der Waals surface area (Å²) in [4.78, 5) is 36.7. The van der Waals surface area contributed by atoms with Crippen LogP contribution in [-0.2, 0) is 20.7 Å². The van der Waals surface area contributed by atoms with Crippen LogP contribution in [0.15, 0.2) is 45.6 Å². The van der Waals surface area contributed by atoms with E-state index in [4.69, 9.17) is 28.1 Å². The Morgan fingerprint density at radius 2 is 1.85 bits per heavy atom. The SMILES string of the molecule is COCCOC(=O)CCc1cc2c(C)cc(=O)oc2cc1OC(=O)c1ccc2c(c1)OCO2. The summed E-state index contributed by atoms with van der Waals surface area (Å²) >= 11 is 0. The molecule has 2 aromatic carbocycles. The van der Waals surface area contributed by atoms with Crippen molar-refractivity contribution >= 4 is 22.9 Å². The van der Waals surface area contributed by atoms with Gasteiger partial charge in [-0.05, 0) is 48.7 Å². The summed E-state index contributed by atoms with van der Waals surface area (Å²) in [6.45, 7) is 2.32. The summed E-state index contributed by atoms with van der Waals surface area (Å²) in [5.41, 5.74) is 1.33. The molecule has 0 aliphatic carbocycles. The molecule has 0 fully saturated rings. The highest BCUT2D eigenvalue weighted by molar-refractivity contribution is 5.93. The van der Waals surface area contributed by atoms with Crippen LogP contribution < -0.4 is 19.8 Å². The average Bonchev–Trinajstić information content (AvgIpc) is 3.26. The first-order valence-electron chi connectivity index (χ1n) is 10.3. The second-order valence-corrected chi connectivity index (χ2v) is 7.38. The molecule has 33 heavy (non-hydrogen) atoms. The van der Waals surface area contributed by atoms with Gasteiger partial charge in [-0.25, -0.2) is 9.59 Å². The van der Waals surface area contributed by atoms with Crippen LogP contribution in [0.2, 0.25) is 0 Å². The molecule has 9 heteroatoms. The van der Waals surface area contributed by atoms with E-state index >= 15 is 0 Å². The lowest BCUT2D eigenvalue weighted by Gasteiger charge is -2.13. The number of methoxy groups -OCH3 is 1. The summed E-state index contributed by atoms with van der Waals surface area (Å²) in [5.74, 6) is 0.137. The molecule has 0 saturated carbocycles. The lowest BCUT2D eigenvalue weighted by atomic mass is 10.0. The first kappa shape index (κ1) is 22.3. The van der Waals surface area contributed by atoms with Crippen molar-refractivity contribution in [2.24, 2.45) is 0 Å². The predicted octanol–water partition coefficient (Wildman–Crippen LogP) is 3.17. The average molecular weight is 454 g/mol. The molecule has 4 rings (SSSR count). The van der Waals surface area contributed by atoms with E-state index in [9.17, 15) is 14.4 Å². The van der Waals surface area contributed by atoms with Gasteiger partial charge in [0.25, 0.3) is 0 Å². The van der Waals surface area contributed by atoms with Gasteiger partial charge >= 0.3 is 17.6 Å². The zero-order chi connectivity index (χ0) is 23.4. The number of hydrogen-bond acceptors (Lipinski definition) is 9. The monoisotopic (exact) mass is 454 g/mol. The minimum atomic E-state index is -0.633. The lowest BCUT2D eigenvalue weighted by Crippen LogP contribution is -2.12. The van der Waals surface area contributed by atoms with E-state index < -0.39 is 17.6 Å². The molecular weight excluding hydrogens is 432 g/mol. The number of hydrogen-bond donors (Lipinski definition) is 0. The molecule has 1 aliphatic heterocycles. The topological polar surface area (TPSA) is 111 Å². The van der Waals surface area contributed by atoms with Crippen molar-refractivity contribution in [1.29, 1.82) is 0 Å². The maximum atomic E-state index is 12.8. The normalized spacial score (nSPS) is 12.1. The Kier molecular flexibility index (Phi) is 6.60. The third kappa shape index (κ3) is 5.15. The van der Waals surface area contributed by atoms with Gasteiger partial charge < -0.3 is 28.1 Å². The summed E-state index contributed by atoms with van der Waals surface area (Å²) in [6.07, 6.45) is 0.323. The van der Waals surface area contributed by atoms with E-state index in [1.54, 1.807) is 25.1 Å². The Hall–Kier alpha value is -3.85. The van der Waals surface area contributed by atoms with Crippen LogP contribution in [0.3, 0.4) is 0 Å². The van der Waals surface area contributed by atoms with Gasteiger partial charge in [-0.1, -0.05) is 0 Å². The van der Waals surface area contributed by atoms with Crippen molar-refractivity contribution < 1.29 is 37.7 Å². The predicted molar refractivity (Wildman–Crippen MR) is 116 cm³/mol. The van der Waals surface area contributed by atoms with Crippen LogP contribution >= 0.6 is 0 Å². The molecule has 0 radical (unpaired) electrons. The minimum Gasteiger partial charge on any atom is -0.463 e. The smallest absolute Gasteiger partial charge is 0.343 e. The Morgan fingerprint density at radius 3 is 2.67 bits per heavy atom. The van der Waals surface area contributed by atoms with Crippen LogP contribution in [0.1, 0.15) is 27.9 Å². The summed E-state index contributed by atoms with van der Waals surface area (Å²) in [5, 5.41) is 0.681. The number of esters is 2. The van der Waals surface area contributed by atoms with Gasteiger partial charge in [0.2, 0.25) is 6.79 Å². The van der Waals surface area contributed by atoms with Gasteiger partial charge in [-0.3, -0.25) is 4.79 Å². The van der Waals surface area contributed by atoms with Crippen molar-refractivity contribution in [1.82, 2.24) is 0 Å². The third-order valence-corrected chi connectivity index (χ3v) is 5.09. The summed E-state index contributed by atoms with van der Waals surface area (Å²) in [7, 11) is 1.52. The van der Waals surface area contributed by atoms with Crippen LogP contribution in [0, 0.1) is 6.92 Å². The second kappa shape index (κ2) is 9.74. The van der Waals surface area contributed by atoms with Crippen molar-refractivity contribution in [3.05, 3.63) is 63.5 Å². The zero-order valence-electron chi connectivity index (χ0n) is 18.2. The minimum absolute atomic E-state index is 0.0691. The Morgan fingerprint density at radius 1 is 1.03 bits per heavy atom. The molecule has 1 aromatic heterocycles. The molecule has 0 N–H and O–H groups in total. The van der Waals surface area contributed by atoms with Gasteiger partial charge in [0.1, 0.15) is 17.9 Å². The van der Waals surface area contributed by atoms with E-state index in [0.29, 0.717) is 34.6 Å². The highest BCUT2D eigenvalue weighted by Gasteiger charge is 2.20. The largest absolute Gasteiger partial charge is 0.463 e. The standard InChI is InChI=1S/C24H22O9/c1-14-9-23(26)32-20-12-19(15(10-17(14)20)4-6-22(25)29-8-7-28-2)33-24(27)16-3-5-18-21(11-16)31-13-30-18/h3,5,9-12H,4,6-8,13H2,1-2H3. The molecule has 172 valence electrons. The fourth-order valence-corrected chi connectivity index (χ4v) is 3.41. The molecule has 2 heterocycles. The van der Waals surface area contributed by atoms with E-state index in [0.717, 1.165) is 0 Å². The van der Waals surface area contributed by atoms with Gasteiger partial charge in [-0.2, -0.15) is 0 Å². The van der Waals surface area contributed by atoms with Crippen molar-refractivity contribution in [2.45, 2.75) is 19.8 Å². The quantitative estimate of drug-likeness (QED) is 0.219. The van der Waals surface area contributed by atoms with Crippen molar-refractivity contribution in [3.8, 4) is 17.2 Å². The molecule has 0 amide bonds. The third-order valence-electron chi connectivity index (χ3n) is 5.09. The summed E-state index contributed by atoms with van der Waals surface area (Å²) in [6, 6.07) is 9.33. The lowest BCUT2D eigenvalue weighted by molar-refractivity contribution is -0.144. The fourth-order valence-electron chi connectivity index (χ4n) is 3.41. The molecule has 9 nitrogen and oxygen atoms in total. The number of carbonyl (C=O) groups excluding carboxylic acids is 2. The van der Waals surface area contributed by atoms with Crippen molar-refractivity contribution in [3.63, 3.8) is 0 Å². The second-order valence-electron chi connectivity index (χ2n) is 7.38. The van der Waals surface area contributed by atoms with Gasteiger partial charge in [0, 0.05) is 31.0 Å².